The van der Waals surface area contributed by atoms with E-state index in [0.717, 1.165) is 29.0 Å². The Kier molecular flexibility index (Phi) is 4.85. The number of fused-ring (bicyclic) bond motifs is 1. The molecule has 0 aliphatic carbocycles. The fraction of sp³-hybridized carbons (Fsp3) is 0.250. The van der Waals surface area contributed by atoms with Crippen molar-refractivity contribution in [3.8, 4) is 11.5 Å². The fourth-order valence-corrected chi connectivity index (χ4v) is 2.62. The zero-order chi connectivity index (χ0) is 16.9. The Hall–Kier alpha value is -2.75. The Bertz CT molecular complexity index is 767. The largest absolute Gasteiger partial charge is 0.454 e. The molecule has 0 spiro atoms. The van der Waals surface area contributed by atoms with Crippen LogP contribution in [0.25, 0.3) is 6.08 Å². The van der Waals surface area contributed by atoms with E-state index in [9.17, 15) is 4.79 Å². The van der Waals surface area contributed by atoms with Crippen LogP contribution < -0.4 is 14.8 Å². The number of benzene rings is 2. The van der Waals surface area contributed by atoms with E-state index in [1.807, 2.05) is 36.4 Å². The van der Waals surface area contributed by atoms with Gasteiger partial charge in [0.05, 0.1) is 0 Å². The number of ether oxygens (including phenoxy) is 2. The van der Waals surface area contributed by atoms with Crippen molar-refractivity contribution in [3.05, 3.63) is 59.7 Å². The number of rotatable bonds is 5. The SMILES string of the molecule is CC[C@H](C)c1ccccc1NC(=O)/C=C/c1ccc2c(c1)OCO2. The minimum atomic E-state index is -0.150. The molecule has 1 heterocycles. The van der Waals surface area contributed by atoms with Gasteiger partial charge >= 0.3 is 0 Å². The molecule has 0 radical (unpaired) electrons. The van der Waals surface area contributed by atoms with Crippen molar-refractivity contribution in [1.29, 1.82) is 0 Å². The normalized spacial score (nSPS) is 13.9. The van der Waals surface area contributed by atoms with Crippen LogP contribution in [-0.2, 0) is 4.79 Å². The first-order chi connectivity index (χ1) is 11.7. The zero-order valence-corrected chi connectivity index (χ0v) is 13.9. The third-order valence-corrected chi connectivity index (χ3v) is 4.19. The van der Waals surface area contributed by atoms with Gasteiger partial charge in [-0.15, -0.1) is 0 Å². The third kappa shape index (κ3) is 3.59. The number of anilines is 1. The van der Waals surface area contributed by atoms with Crippen molar-refractivity contribution in [2.45, 2.75) is 26.2 Å². The summed E-state index contributed by atoms with van der Waals surface area (Å²) < 4.78 is 10.6. The average Bonchev–Trinajstić information content (AvgIpc) is 3.07. The van der Waals surface area contributed by atoms with E-state index in [4.69, 9.17) is 9.47 Å². The molecule has 1 aliphatic rings. The summed E-state index contributed by atoms with van der Waals surface area (Å²) in [6.07, 6.45) is 4.33. The highest BCUT2D eigenvalue weighted by molar-refractivity contribution is 6.02. The average molecular weight is 323 g/mol. The summed E-state index contributed by atoms with van der Waals surface area (Å²) in [6, 6.07) is 13.5. The fourth-order valence-electron chi connectivity index (χ4n) is 2.62. The zero-order valence-electron chi connectivity index (χ0n) is 13.9. The molecule has 124 valence electrons. The molecule has 4 heteroatoms. The van der Waals surface area contributed by atoms with Gasteiger partial charge in [0.25, 0.3) is 0 Å². The molecule has 1 atom stereocenters. The van der Waals surface area contributed by atoms with Crippen LogP contribution in [0.2, 0.25) is 0 Å². The molecule has 0 unspecified atom stereocenters. The van der Waals surface area contributed by atoms with Crippen molar-refractivity contribution in [2.75, 3.05) is 12.1 Å². The van der Waals surface area contributed by atoms with E-state index in [2.05, 4.69) is 25.2 Å². The van der Waals surface area contributed by atoms with E-state index in [1.165, 1.54) is 6.08 Å². The Balaban J connectivity index is 1.70. The quantitative estimate of drug-likeness (QED) is 0.819. The maximum atomic E-state index is 12.2. The van der Waals surface area contributed by atoms with Gasteiger partial charge in [0.15, 0.2) is 11.5 Å². The van der Waals surface area contributed by atoms with Crippen LogP contribution >= 0.6 is 0 Å². The summed E-state index contributed by atoms with van der Waals surface area (Å²) in [5.41, 5.74) is 2.92. The molecule has 0 saturated carbocycles. The molecule has 1 amide bonds. The second kappa shape index (κ2) is 7.21. The van der Waals surface area contributed by atoms with Crippen LogP contribution in [-0.4, -0.2) is 12.7 Å². The Morgan fingerprint density at radius 1 is 1.21 bits per heavy atom. The number of nitrogens with one attached hydrogen (secondary N) is 1. The standard InChI is InChI=1S/C20H21NO3/c1-3-14(2)16-6-4-5-7-17(16)21-20(22)11-9-15-8-10-18-19(12-15)24-13-23-18/h4-12,14H,3,13H2,1-2H3,(H,21,22)/b11-9+/t14-/m0/s1. The van der Waals surface area contributed by atoms with E-state index < -0.39 is 0 Å². The van der Waals surface area contributed by atoms with Gasteiger partial charge in [0, 0.05) is 11.8 Å². The van der Waals surface area contributed by atoms with Gasteiger partial charge in [-0.3, -0.25) is 4.79 Å². The van der Waals surface area contributed by atoms with Gasteiger partial charge in [-0.2, -0.15) is 0 Å². The first-order valence-electron chi connectivity index (χ1n) is 8.15. The van der Waals surface area contributed by atoms with Crippen LogP contribution in [0.4, 0.5) is 5.69 Å². The number of carbonyl (C=O) groups excluding carboxylic acids is 1. The number of para-hydroxylation sites is 1. The maximum absolute atomic E-state index is 12.2. The predicted octanol–water partition coefficient (Wildman–Crippen LogP) is 4.58. The van der Waals surface area contributed by atoms with E-state index in [0.29, 0.717) is 11.7 Å². The van der Waals surface area contributed by atoms with Crippen LogP contribution in [0, 0.1) is 0 Å². The van der Waals surface area contributed by atoms with E-state index in [1.54, 1.807) is 6.08 Å². The van der Waals surface area contributed by atoms with Crippen molar-refractivity contribution >= 4 is 17.7 Å². The Morgan fingerprint density at radius 3 is 2.83 bits per heavy atom. The molecule has 1 aliphatic heterocycles. The summed E-state index contributed by atoms with van der Waals surface area (Å²) >= 11 is 0. The lowest BCUT2D eigenvalue weighted by molar-refractivity contribution is -0.111. The summed E-state index contributed by atoms with van der Waals surface area (Å²) in [6.45, 7) is 4.55. The summed E-state index contributed by atoms with van der Waals surface area (Å²) in [4.78, 5) is 12.2. The second-order valence-corrected chi connectivity index (χ2v) is 5.83. The molecular weight excluding hydrogens is 302 g/mol. The molecule has 0 bridgehead atoms. The van der Waals surface area contributed by atoms with Crippen molar-refractivity contribution in [1.82, 2.24) is 0 Å². The van der Waals surface area contributed by atoms with Crippen LogP contribution in [0.3, 0.4) is 0 Å². The number of amides is 1. The monoisotopic (exact) mass is 323 g/mol. The predicted molar refractivity (Wildman–Crippen MR) is 95.4 cm³/mol. The highest BCUT2D eigenvalue weighted by atomic mass is 16.7. The molecule has 4 nitrogen and oxygen atoms in total. The minimum absolute atomic E-state index is 0.150. The highest BCUT2D eigenvalue weighted by Crippen LogP contribution is 2.32. The van der Waals surface area contributed by atoms with Crippen molar-refractivity contribution < 1.29 is 14.3 Å². The lowest BCUT2D eigenvalue weighted by atomic mass is 9.97. The van der Waals surface area contributed by atoms with E-state index in [-0.39, 0.29) is 12.7 Å². The summed E-state index contributed by atoms with van der Waals surface area (Å²) in [5, 5.41) is 2.97. The van der Waals surface area contributed by atoms with Crippen molar-refractivity contribution in [3.63, 3.8) is 0 Å². The first kappa shape index (κ1) is 16.1. The Labute approximate surface area is 142 Å². The molecule has 0 aromatic heterocycles. The highest BCUT2D eigenvalue weighted by Gasteiger charge is 2.13. The van der Waals surface area contributed by atoms with Gasteiger partial charge < -0.3 is 14.8 Å². The van der Waals surface area contributed by atoms with Crippen LogP contribution in [0.15, 0.2) is 48.5 Å². The van der Waals surface area contributed by atoms with E-state index >= 15 is 0 Å². The second-order valence-electron chi connectivity index (χ2n) is 5.83. The van der Waals surface area contributed by atoms with Gasteiger partial charge in [-0.25, -0.2) is 0 Å². The molecule has 0 fully saturated rings. The number of carbonyl (C=O) groups is 1. The smallest absolute Gasteiger partial charge is 0.248 e. The van der Waals surface area contributed by atoms with Gasteiger partial charge in [-0.05, 0) is 47.7 Å². The molecular formula is C20H21NO3. The molecule has 2 aromatic rings. The van der Waals surface area contributed by atoms with Gasteiger partial charge in [0.2, 0.25) is 12.7 Å². The first-order valence-corrected chi connectivity index (χ1v) is 8.15. The third-order valence-electron chi connectivity index (χ3n) is 4.19. The van der Waals surface area contributed by atoms with Crippen LogP contribution in [0.5, 0.6) is 11.5 Å². The molecule has 0 saturated heterocycles. The summed E-state index contributed by atoms with van der Waals surface area (Å²) in [5.74, 6) is 1.70. The topological polar surface area (TPSA) is 47.6 Å². The minimum Gasteiger partial charge on any atom is -0.454 e. The molecule has 24 heavy (non-hydrogen) atoms. The van der Waals surface area contributed by atoms with Crippen LogP contribution in [0.1, 0.15) is 37.3 Å². The molecule has 3 rings (SSSR count). The van der Waals surface area contributed by atoms with Gasteiger partial charge in [-0.1, -0.05) is 38.1 Å². The molecule has 2 aromatic carbocycles. The lowest BCUT2D eigenvalue weighted by Crippen LogP contribution is -2.10. The van der Waals surface area contributed by atoms with Gasteiger partial charge in [0.1, 0.15) is 0 Å². The maximum Gasteiger partial charge on any atom is 0.248 e. The summed E-state index contributed by atoms with van der Waals surface area (Å²) in [7, 11) is 0. The lowest BCUT2D eigenvalue weighted by Gasteiger charge is -2.14. The number of hydrogen-bond acceptors (Lipinski definition) is 3. The van der Waals surface area contributed by atoms with Crippen molar-refractivity contribution in [2.24, 2.45) is 0 Å². The molecule has 1 N–H and O–H groups in total. The number of hydrogen-bond donors (Lipinski definition) is 1. The Morgan fingerprint density at radius 2 is 2.00 bits per heavy atom.